The van der Waals surface area contributed by atoms with Gasteiger partial charge in [0.05, 0.1) is 11.3 Å². The highest BCUT2D eigenvalue weighted by Gasteiger charge is 2.35. The van der Waals surface area contributed by atoms with Crippen molar-refractivity contribution in [3.8, 4) is 0 Å². The fourth-order valence-corrected chi connectivity index (χ4v) is 4.56. The van der Waals surface area contributed by atoms with Crippen LogP contribution in [0.15, 0.2) is 0 Å². The number of carbonyl (C=O) groups excluding carboxylic acids is 1. The molecule has 0 aromatic rings. The summed E-state index contributed by atoms with van der Waals surface area (Å²) < 4.78 is 23.4. The van der Waals surface area contributed by atoms with E-state index < -0.39 is 9.84 Å². The second-order valence-corrected chi connectivity index (χ2v) is 8.03. The monoisotopic (exact) mass is 273 g/mol. The molecule has 1 aliphatic heterocycles. The Morgan fingerprint density at radius 1 is 1.11 bits per heavy atom. The van der Waals surface area contributed by atoms with Crippen LogP contribution in [-0.2, 0) is 14.6 Å². The van der Waals surface area contributed by atoms with Gasteiger partial charge >= 0.3 is 0 Å². The van der Waals surface area contributed by atoms with Crippen LogP contribution in [0.5, 0.6) is 0 Å². The van der Waals surface area contributed by atoms with Crippen LogP contribution in [-0.4, -0.2) is 49.7 Å². The zero-order valence-corrected chi connectivity index (χ0v) is 11.9. The summed E-state index contributed by atoms with van der Waals surface area (Å²) in [7, 11) is -2.94. The van der Waals surface area contributed by atoms with E-state index in [1.165, 1.54) is 6.26 Å². The number of piperidine rings is 1. The van der Waals surface area contributed by atoms with Gasteiger partial charge in [0.25, 0.3) is 0 Å². The van der Waals surface area contributed by atoms with Crippen LogP contribution in [0.1, 0.15) is 44.9 Å². The number of nitrogens with zero attached hydrogens (tertiary/aromatic N) is 1. The highest BCUT2D eigenvalue weighted by Crippen LogP contribution is 2.30. The van der Waals surface area contributed by atoms with Crippen LogP contribution in [0.3, 0.4) is 0 Å². The lowest BCUT2D eigenvalue weighted by Gasteiger charge is -2.42. The van der Waals surface area contributed by atoms with Gasteiger partial charge in [-0.15, -0.1) is 0 Å². The maximum Gasteiger partial charge on any atom is 0.150 e. The van der Waals surface area contributed by atoms with Crippen molar-refractivity contribution in [1.29, 1.82) is 0 Å². The van der Waals surface area contributed by atoms with Gasteiger partial charge in [-0.1, -0.05) is 12.8 Å². The van der Waals surface area contributed by atoms with Crippen molar-refractivity contribution >= 4 is 16.1 Å². The van der Waals surface area contributed by atoms with E-state index >= 15 is 0 Å². The molecule has 5 heteroatoms. The summed E-state index contributed by atoms with van der Waals surface area (Å²) in [4.78, 5) is 13.4. The molecule has 2 fully saturated rings. The topological polar surface area (TPSA) is 54.5 Å². The first-order chi connectivity index (χ1) is 8.52. The van der Waals surface area contributed by atoms with E-state index in [1.807, 2.05) is 0 Å². The zero-order chi connectivity index (χ0) is 13.2. The van der Waals surface area contributed by atoms with Crippen molar-refractivity contribution in [3.05, 3.63) is 0 Å². The Kier molecular flexibility index (Phi) is 4.43. The molecule has 1 saturated carbocycles. The maximum atomic E-state index is 11.7. The number of likely N-dealkylation sites (tertiary alicyclic amines) is 1. The molecule has 1 saturated heterocycles. The Labute approximate surface area is 110 Å². The Morgan fingerprint density at radius 3 is 2.56 bits per heavy atom. The molecule has 2 rings (SSSR count). The Morgan fingerprint density at radius 2 is 1.89 bits per heavy atom. The molecule has 2 aliphatic rings. The van der Waals surface area contributed by atoms with Crippen LogP contribution in [0, 0.1) is 0 Å². The summed E-state index contributed by atoms with van der Waals surface area (Å²) in [5.41, 5.74) is 0. The van der Waals surface area contributed by atoms with Gasteiger partial charge in [0, 0.05) is 12.3 Å². The molecule has 3 atom stereocenters. The van der Waals surface area contributed by atoms with Gasteiger partial charge in [-0.2, -0.15) is 0 Å². The predicted molar refractivity (Wildman–Crippen MR) is 71.3 cm³/mol. The molecule has 0 spiro atoms. The molecule has 0 N–H and O–H groups in total. The van der Waals surface area contributed by atoms with Crippen LogP contribution >= 0.6 is 0 Å². The molecule has 0 amide bonds. The number of carbonyl (C=O) groups is 1. The summed E-state index contributed by atoms with van der Waals surface area (Å²) >= 11 is 0. The first-order valence-electron chi connectivity index (χ1n) is 6.92. The Balaban J connectivity index is 2.05. The molecular formula is C13H23NO3S. The van der Waals surface area contributed by atoms with Gasteiger partial charge in [0.1, 0.15) is 16.1 Å². The molecule has 3 unspecified atom stereocenters. The van der Waals surface area contributed by atoms with Crippen molar-refractivity contribution in [2.45, 2.75) is 62.3 Å². The summed E-state index contributed by atoms with van der Waals surface area (Å²) in [6.07, 6.45) is 9.06. The minimum atomic E-state index is -2.94. The summed E-state index contributed by atoms with van der Waals surface area (Å²) in [5, 5.41) is -0.203. The minimum Gasteiger partial charge on any atom is -0.302 e. The first kappa shape index (κ1) is 14.0. The predicted octanol–water partition coefficient (Wildman–Crippen LogP) is 1.40. The molecule has 1 heterocycles. The van der Waals surface area contributed by atoms with E-state index in [2.05, 4.69) is 4.90 Å². The van der Waals surface area contributed by atoms with Crippen LogP contribution in [0.4, 0.5) is 0 Å². The third-order valence-electron chi connectivity index (χ3n) is 4.42. The maximum absolute atomic E-state index is 11.7. The van der Waals surface area contributed by atoms with E-state index in [1.54, 1.807) is 0 Å². The number of aldehydes is 1. The average molecular weight is 273 g/mol. The van der Waals surface area contributed by atoms with E-state index in [-0.39, 0.29) is 17.3 Å². The molecule has 104 valence electrons. The van der Waals surface area contributed by atoms with Gasteiger partial charge < -0.3 is 4.79 Å². The lowest BCUT2D eigenvalue weighted by Crippen LogP contribution is -2.50. The molecule has 4 nitrogen and oxygen atoms in total. The molecule has 0 radical (unpaired) electrons. The zero-order valence-electron chi connectivity index (χ0n) is 11.0. The summed E-state index contributed by atoms with van der Waals surface area (Å²) in [5.74, 6) is 0. The molecule has 0 aromatic heterocycles. The highest BCUT2D eigenvalue weighted by atomic mass is 32.2. The smallest absolute Gasteiger partial charge is 0.150 e. The number of rotatable bonds is 3. The standard InChI is InChI=1S/C13H23NO3S/c1-18(16,17)13-7-4-6-11(9-13)14-8-3-2-5-12(14)10-15/h10-13H,2-9H2,1H3. The average Bonchev–Trinajstić information content (AvgIpc) is 2.38. The van der Waals surface area contributed by atoms with Gasteiger partial charge in [0.15, 0.2) is 0 Å². The number of sulfone groups is 1. The number of hydrogen-bond donors (Lipinski definition) is 0. The van der Waals surface area contributed by atoms with E-state index in [9.17, 15) is 13.2 Å². The lowest BCUT2D eigenvalue weighted by molar-refractivity contribution is -0.114. The Hall–Kier alpha value is -0.420. The van der Waals surface area contributed by atoms with Crippen LogP contribution in [0.25, 0.3) is 0 Å². The third kappa shape index (κ3) is 3.12. The molecular weight excluding hydrogens is 250 g/mol. The van der Waals surface area contributed by atoms with E-state index in [0.29, 0.717) is 6.42 Å². The summed E-state index contributed by atoms with van der Waals surface area (Å²) in [6.45, 7) is 0.949. The fraction of sp³-hybridized carbons (Fsp3) is 0.923. The van der Waals surface area contributed by atoms with Crippen LogP contribution < -0.4 is 0 Å². The van der Waals surface area contributed by atoms with Crippen LogP contribution in [0.2, 0.25) is 0 Å². The lowest BCUT2D eigenvalue weighted by atomic mass is 9.90. The van der Waals surface area contributed by atoms with E-state index in [0.717, 1.165) is 51.4 Å². The van der Waals surface area contributed by atoms with Gasteiger partial charge in [-0.25, -0.2) is 8.42 Å². The quantitative estimate of drug-likeness (QED) is 0.729. The summed E-state index contributed by atoms with van der Waals surface area (Å²) in [6, 6.07) is 0.302. The normalized spacial score (nSPS) is 35.3. The van der Waals surface area contributed by atoms with Crippen molar-refractivity contribution in [2.75, 3.05) is 12.8 Å². The highest BCUT2D eigenvalue weighted by molar-refractivity contribution is 7.91. The van der Waals surface area contributed by atoms with Crippen molar-refractivity contribution in [1.82, 2.24) is 4.90 Å². The fourth-order valence-electron chi connectivity index (χ4n) is 3.39. The van der Waals surface area contributed by atoms with Gasteiger partial charge in [-0.3, -0.25) is 4.90 Å². The second-order valence-electron chi connectivity index (χ2n) is 5.71. The first-order valence-corrected chi connectivity index (χ1v) is 8.87. The van der Waals surface area contributed by atoms with Gasteiger partial charge in [0.2, 0.25) is 0 Å². The largest absolute Gasteiger partial charge is 0.302 e. The molecule has 0 aromatic carbocycles. The van der Waals surface area contributed by atoms with Crippen molar-refractivity contribution in [3.63, 3.8) is 0 Å². The van der Waals surface area contributed by atoms with Crippen molar-refractivity contribution < 1.29 is 13.2 Å². The molecule has 18 heavy (non-hydrogen) atoms. The minimum absolute atomic E-state index is 0.0158. The van der Waals surface area contributed by atoms with Crippen molar-refractivity contribution in [2.24, 2.45) is 0 Å². The number of hydrogen-bond acceptors (Lipinski definition) is 4. The second kappa shape index (κ2) is 5.70. The Bertz CT molecular complexity index is 393. The molecule has 0 bridgehead atoms. The SMILES string of the molecule is CS(=O)(=O)C1CCCC(N2CCCCC2C=O)C1. The van der Waals surface area contributed by atoms with Gasteiger partial charge in [-0.05, 0) is 38.6 Å². The molecule has 1 aliphatic carbocycles. The third-order valence-corrected chi connectivity index (χ3v) is 6.06. The van der Waals surface area contributed by atoms with E-state index in [4.69, 9.17) is 0 Å².